The summed E-state index contributed by atoms with van der Waals surface area (Å²) in [5.41, 5.74) is 2.14. The van der Waals surface area contributed by atoms with Crippen LogP contribution in [-0.4, -0.2) is 24.4 Å². The highest BCUT2D eigenvalue weighted by molar-refractivity contribution is 5.87. The molecule has 0 saturated heterocycles. The Balaban J connectivity index is 2.32. The van der Waals surface area contributed by atoms with E-state index >= 15 is 0 Å². The first kappa shape index (κ1) is 19.4. The van der Waals surface area contributed by atoms with Crippen LogP contribution in [0, 0.1) is 0 Å². The molecule has 2 N–H and O–H groups in total. The highest BCUT2D eigenvalue weighted by Gasteiger charge is 2.23. The van der Waals surface area contributed by atoms with Crippen molar-refractivity contribution in [2.45, 2.75) is 20.3 Å². The van der Waals surface area contributed by atoms with E-state index in [1.807, 2.05) is 19.9 Å². The minimum absolute atomic E-state index is 0.00251. The van der Waals surface area contributed by atoms with Gasteiger partial charge in [-0.25, -0.2) is 0 Å². The fourth-order valence-corrected chi connectivity index (χ4v) is 3.12. The molecule has 0 amide bonds. The van der Waals surface area contributed by atoms with Crippen molar-refractivity contribution in [1.29, 1.82) is 0 Å². The molecular weight excluding hydrogens is 360 g/mol. The van der Waals surface area contributed by atoms with E-state index in [9.17, 15) is 15.0 Å². The number of fused-ring (bicyclic) bond motifs is 1. The van der Waals surface area contributed by atoms with E-state index in [2.05, 4.69) is 0 Å². The fourth-order valence-electron chi connectivity index (χ4n) is 3.12. The number of methoxy groups -OCH3 is 2. The average molecular weight is 382 g/mol. The van der Waals surface area contributed by atoms with Gasteiger partial charge in [-0.05, 0) is 32.4 Å². The van der Waals surface area contributed by atoms with Gasteiger partial charge in [0.05, 0.1) is 30.7 Å². The molecule has 0 aliphatic heterocycles. The first-order valence-electron chi connectivity index (χ1n) is 8.72. The summed E-state index contributed by atoms with van der Waals surface area (Å²) in [6.45, 7) is 3.96. The number of ether oxygens (including phenoxy) is 2. The third kappa shape index (κ3) is 3.41. The molecule has 28 heavy (non-hydrogen) atoms. The van der Waals surface area contributed by atoms with Gasteiger partial charge in [-0.3, -0.25) is 4.79 Å². The summed E-state index contributed by atoms with van der Waals surface area (Å²) in [7, 11) is 2.99. The summed E-state index contributed by atoms with van der Waals surface area (Å²) >= 11 is 0. The third-order valence-corrected chi connectivity index (χ3v) is 4.49. The molecule has 0 atom stereocenters. The normalized spacial score (nSPS) is 10.7. The molecular formula is C22H22O6. The Bertz CT molecular complexity index is 1120. The first-order chi connectivity index (χ1) is 13.4. The lowest BCUT2D eigenvalue weighted by Crippen LogP contribution is -2.07. The van der Waals surface area contributed by atoms with Crippen LogP contribution in [0.3, 0.4) is 0 Å². The van der Waals surface area contributed by atoms with Crippen LogP contribution in [0.4, 0.5) is 0 Å². The Morgan fingerprint density at radius 3 is 2.54 bits per heavy atom. The van der Waals surface area contributed by atoms with E-state index in [4.69, 9.17) is 13.9 Å². The molecule has 3 aromatic rings. The maximum atomic E-state index is 13.0. The van der Waals surface area contributed by atoms with Crippen LogP contribution in [-0.2, 0) is 6.42 Å². The minimum atomic E-state index is -0.340. The van der Waals surface area contributed by atoms with E-state index < -0.39 is 0 Å². The van der Waals surface area contributed by atoms with Gasteiger partial charge in [0.1, 0.15) is 34.8 Å². The van der Waals surface area contributed by atoms with Crippen LogP contribution >= 0.6 is 0 Å². The zero-order valence-corrected chi connectivity index (χ0v) is 16.2. The molecule has 6 nitrogen and oxygen atoms in total. The average Bonchev–Trinajstić information content (AvgIpc) is 2.66. The highest BCUT2D eigenvalue weighted by atomic mass is 16.5. The van der Waals surface area contributed by atoms with Crippen molar-refractivity contribution >= 4 is 11.0 Å². The zero-order valence-electron chi connectivity index (χ0n) is 16.2. The van der Waals surface area contributed by atoms with Crippen LogP contribution in [0.5, 0.6) is 23.0 Å². The van der Waals surface area contributed by atoms with Gasteiger partial charge < -0.3 is 24.1 Å². The van der Waals surface area contributed by atoms with Crippen LogP contribution in [0.1, 0.15) is 19.4 Å². The van der Waals surface area contributed by atoms with E-state index in [1.54, 1.807) is 0 Å². The maximum absolute atomic E-state index is 13.0. The van der Waals surface area contributed by atoms with Crippen molar-refractivity contribution in [3.63, 3.8) is 0 Å². The molecule has 0 unspecified atom stereocenters. The third-order valence-electron chi connectivity index (χ3n) is 4.49. The van der Waals surface area contributed by atoms with Crippen molar-refractivity contribution in [3.8, 4) is 34.1 Å². The number of hydrogen-bond donors (Lipinski definition) is 2. The molecule has 0 bridgehead atoms. The second-order valence-corrected chi connectivity index (χ2v) is 6.63. The van der Waals surface area contributed by atoms with Crippen LogP contribution in [0.2, 0.25) is 0 Å². The lowest BCUT2D eigenvalue weighted by atomic mass is 9.97. The van der Waals surface area contributed by atoms with Crippen molar-refractivity contribution in [2.75, 3.05) is 14.2 Å². The summed E-state index contributed by atoms with van der Waals surface area (Å²) in [6.07, 6.45) is 3.78. The van der Waals surface area contributed by atoms with Crippen molar-refractivity contribution < 1.29 is 24.1 Å². The lowest BCUT2D eigenvalue weighted by Gasteiger charge is -2.18. The Morgan fingerprint density at radius 2 is 1.89 bits per heavy atom. The number of allylic oxidation sites excluding steroid dienone is 2. The smallest absolute Gasteiger partial charge is 0.200 e. The van der Waals surface area contributed by atoms with E-state index in [1.165, 1.54) is 44.7 Å². The summed E-state index contributed by atoms with van der Waals surface area (Å²) in [5, 5.41) is 20.5. The van der Waals surface area contributed by atoms with Gasteiger partial charge in [0.25, 0.3) is 0 Å². The second kappa shape index (κ2) is 7.68. The minimum Gasteiger partial charge on any atom is -0.508 e. The highest BCUT2D eigenvalue weighted by Crippen LogP contribution is 2.44. The number of phenolic OH excluding ortho intramolecular Hbond substituents is 2. The van der Waals surface area contributed by atoms with Gasteiger partial charge in [0.2, 0.25) is 5.43 Å². The lowest BCUT2D eigenvalue weighted by molar-refractivity contribution is 0.380. The molecule has 146 valence electrons. The van der Waals surface area contributed by atoms with Crippen LogP contribution < -0.4 is 14.9 Å². The van der Waals surface area contributed by atoms with Crippen LogP contribution in [0.25, 0.3) is 22.1 Å². The summed E-state index contributed by atoms with van der Waals surface area (Å²) in [5.74, 6) is 0.655. The number of hydrogen-bond acceptors (Lipinski definition) is 6. The SMILES string of the molecule is COc1cc(O)c(-c2coc3cc(O)ccc3c2=O)c(OC)c1CC=C(C)C. The topological polar surface area (TPSA) is 89.1 Å². The monoisotopic (exact) mass is 382 g/mol. The van der Waals surface area contributed by atoms with E-state index in [0.717, 1.165) is 5.57 Å². The summed E-state index contributed by atoms with van der Waals surface area (Å²) in [4.78, 5) is 13.0. The Morgan fingerprint density at radius 1 is 1.14 bits per heavy atom. The van der Waals surface area contributed by atoms with Crippen LogP contribution in [0.15, 0.2) is 51.4 Å². The summed E-state index contributed by atoms with van der Waals surface area (Å²) < 4.78 is 16.5. The molecule has 2 aromatic carbocycles. The first-order valence-corrected chi connectivity index (χ1v) is 8.72. The molecule has 0 saturated carbocycles. The van der Waals surface area contributed by atoms with Gasteiger partial charge in [0, 0.05) is 17.7 Å². The largest absolute Gasteiger partial charge is 0.508 e. The molecule has 0 spiro atoms. The predicted octanol–water partition coefficient (Wildman–Crippen LogP) is 4.40. The quantitative estimate of drug-likeness (QED) is 0.636. The molecule has 0 aliphatic carbocycles. The number of benzene rings is 2. The number of rotatable bonds is 5. The Labute approximate surface area is 162 Å². The van der Waals surface area contributed by atoms with Crippen molar-refractivity contribution in [2.24, 2.45) is 0 Å². The fraction of sp³-hybridized carbons (Fsp3) is 0.227. The van der Waals surface area contributed by atoms with E-state index in [0.29, 0.717) is 28.9 Å². The zero-order chi connectivity index (χ0) is 20.4. The van der Waals surface area contributed by atoms with Crippen molar-refractivity contribution in [1.82, 2.24) is 0 Å². The predicted molar refractivity (Wildman–Crippen MR) is 107 cm³/mol. The molecule has 1 aromatic heterocycles. The van der Waals surface area contributed by atoms with Gasteiger partial charge in [-0.15, -0.1) is 0 Å². The van der Waals surface area contributed by atoms with E-state index in [-0.39, 0.29) is 33.6 Å². The van der Waals surface area contributed by atoms with Gasteiger partial charge in [-0.1, -0.05) is 11.6 Å². The molecule has 6 heteroatoms. The molecule has 1 heterocycles. The van der Waals surface area contributed by atoms with Gasteiger partial charge in [-0.2, -0.15) is 0 Å². The standard InChI is InChI=1S/C22H22O6/c1-12(2)5-7-15-18(26-3)10-17(24)20(22(15)27-4)16-11-28-19-9-13(23)6-8-14(19)21(16)25/h5-6,8-11,23-24H,7H2,1-4H3. The summed E-state index contributed by atoms with van der Waals surface area (Å²) in [6, 6.07) is 5.73. The maximum Gasteiger partial charge on any atom is 0.200 e. The van der Waals surface area contributed by atoms with Gasteiger partial charge >= 0.3 is 0 Å². The Kier molecular flexibility index (Phi) is 5.31. The van der Waals surface area contributed by atoms with Gasteiger partial charge in [0.15, 0.2) is 0 Å². The number of aromatic hydroxyl groups is 2. The second-order valence-electron chi connectivity index (χ2n) is 6.63. The molecule has 0 radical (unpaired) electrons. The molecule has 0 fully saturated rings. The Hall–Kier alpha value is -3.41. The molecule has 0 aliphatic rings. The number of phenols is 2. The van der Waals surface area contributed by atoms with Crippen molar-refractivity contribution in [3.05, 3.63) is 58.0 Å². The molecule has 3 rings (SSSR count).